The van der Waals surface area contributed by atoms with Gasteiger partial charge < -0.3 is 15.1 Å². The number of alkyl halides is 3. The molecule has 1 heterocycles. The Balaban J connectivity index is 2.36. The molecule has 15 heavy (non-hydrogen) atoms. The Labute approximate surface area is 86.5 Å². The number of rotatable bonds is 3. The molecule has 3 unspecified atom stereocenters. The van der Waals surface area contributed by atoms with Crippen molar-refractivity contribution < 1.29 is 23.4 Å². The van der Waals surface area contributed by atoms with E-state index in [-0.39, 0.29) is 5.92 Å². The summed E-state index contributed by atoms with van der Waals surface area (Å²) >= 11 is 0. The molecule has 3 atom stereocenters. The van der Waals surface area contributed by atoms with Crippen LogP contribution in [0.15, 0.2) is 0 Å². The molecule has 1 rings (SSSR count). The molecule has 0 aliphatic carbocycles. The molecule has 2 N–H and O–H groups in total. The van der Waals surface area contributed by atoms with Crippen LogP contribution in [0.5, 0.6) is 0 Å². The first-order chi connectivity index (χ1) is 6.80. The molecule has 0 aromatic carbocycles. The van der Waals surface area contributed by atoms with Gasteiger partial charge >= 0.3 is 6.18 Å². The van der Waals surface area contributed by atoms with Crippen molar-refractivity contribution >= 4 is 0 Å². The van der Waals surface area contributed by atoms with Crippen molar-refractivity contribution in [3.63, 3.8) is 0 Å². The molecular weight excluding hydrogens is 211 g/mol. The van der Waals surface area contributed by atoms with Crippen molar-refractivity contribution in [3.05, 3.63) is 0 Å². The first-order valence-electron chi connectivity index (χ1n) is 4.96. The third kappa shape index (κ3) is 3.62. The molecule has 1 aliphatic heterocycles. The SMILES string of the molecule is CC(O)C1CCN(CC(O)C(F)(F)F)C1. The molecular formula is C9H16F3NO2. The predicted octanol–water partition coefficient (Wildman–Crippen LogP) is 0.612. The van der Waals surface area contributed by atoms with Crippen LogP contribution < -0.4 is 0 Å². The van der Waals surface area contributed by atoms with Crippen molar-refractivity contribution in [1.82, 2.24) is 4.90 Å². The number of nitrogens with zero attached hydrogens (tertiary/aromatic N) is 1. The second-order valence-electron chi connectivity index (χ2n) is 4.11. The maximum absolute atomic E-state index is 12.0. The molecule has 0 spiro atoms. The van der Waals surface area contributed by atoms with E-state index < -0.39 is 24.9 Å². The molecule has 0 saturated carbocycles. The molecule has 90 valence electrons. The average Bonchev–Trinajstić information content (AvgIpc) is 2.50. The topological polar surface area (TPSA) is 43.7 Å². The summed E-state index contributed by atoms with van der Waals surface area (Å²) in [5.74, 6) is 0.0189. The first-order valence-corrected chi connectivity index (χ1v) is 4.96. The predicted molar refractivity (Wildman–Crippen MR) is 48.3 cm³/mol. The van der Waals surface area contributed by atoms with E-state index in [4.69, 9.17) is 5.11 Å². The minimum atomic E-state index is -4.55. The fourth-order valence-corrected chi connectivity index (χ4v) is 1.77. The van der Waals surface area contributed by atoms with E-state index >= 15 is 0 Å². The Hall–Kier alpha value is -0.330. The highest BCUT2D eigenvalue weighted by Gasteiger charge is 2.40. The second kappa shape index (κ2) is 4.67. The van der Waals surface area contributed by atoms with Gasteiger partial charge in [0.2, 0.25) is 0 Å². The highest BCUT2D eigenvalue weighted by molar-refractivity contribution is 4.81. The van der Waals surface area contributed by atoms with Crippen LogP contribution in [0, 0.1) is 5.92 Å². The van der Waals surface area contributed by atoms with Crippen molar-refractivity contribution in [1.29, 1.82) is 0 Å². The Kier molecular flexibility index (Phi) is 3.97. The van der Waals surface area contributed by atoms with Gasteiger partial charge in [-0.05, 0) is 25.8 Å². The number of aliphatic hydroxyl groups excluding tert-OH is 2. The van der Waals surface area contributed by atoms with Gasteiger partial charge in [0.25, 0.3) is 0 Å². The number of halogens is 3. The van der Waals surface area contributed by atoms with E-state index in [2.05, 4.69) is 0 Å². The smallest absolute Gasteiger partial charge is 0.393 e. The zero-order chi connectivity index (χ0) is 11.6. The molecule has 1 saturated heterocycles. The van der Waals surface area contributed by atoms with E-state index in [0.29, 0.717) is 19.5 Å². The highest BCUT2D eigenvalue weighted by Crippen LogP contribution is 2.24. The van der Waals surface area contributed by atoms with Crippen LogP contribution in [0.3, 0.4) is 0 Å². The van der Waals surface area contributed by atoms with Gasteiger partial charge in [-0.25, -0.2) is 0 Å². The summed E-state index contributed by atoms with van der Waals surface area (Å²) in [6.45, 7) is 2.16. The fraction of sp³-hybridized carbons (Fsp3) is 1.00. The lowest BCUT2D eigenvalue weighted by molar-refractivity contribution is -0.207. The van der Waals surface area contributed by atoms with Gasteiger partial charge in [-0.3, -0.25) is 0 Å². The van der Waals surface area contributed by atoms with Crippen LogP contribution >= 0.6 is 0 Å². The Morgan fingerprint density at radius 2 is 2.00 bits per heavy atom. The van der Waals surface area contributed by atoms with E-state index in [0.717, 1.165) is 0 Å². The van der Waals surface area contributed by atoms with Crippen LogP contribution in [0.25, 0.3) is 0 Å². The van der Waals surface area contributed by atoms with E-state index in [9.17, 15) is 18.3 Å². The summed E-state index contributed by atoms with van der Waals surface area (Å²) in [5.41, 5.74) is 0. The van der Waals surface area contributed by atoms with Crippen molar-refractivity contribution in [2.75, 3.05) is 19.6 Å². The second-order valence-corrected chi connectivity index (χ2v) is 4.11. The molecule has 1 aliphatic rings. The Bertz CT molecular complexity index is 208. The molecule has 6 heteroatoms. The van der Waals surface area contributed by atoms with Gasteiger partial charge in [0.1, 0.15) is 0 Å². The summed E-state index contributed by atoms with van der Waals surface area (Å²) in [6, 6.07) is 0. The zero-order valence-corrected chi connectivity index (χ0v) is 8.54. The van der Waals surface area contributed by atoms with Crippen molar-refractivity contribution in [2.45, 2.75) is 31.7 Å². The van der Waals surface area contributed by atoms with Crippen LogP contribution in [-0.4, -0.2) is 53.1 Å². The largest absolute Gasteiger partial charge is 0.415 e. The van der Waals surface area contributed by atoms with Gasteiger partial charge in [0.15, 0.2) is 6.10 Å². The molecule has 3 nitrogen and oxygen atoms in total. The highest BCUT2D eigenvalue weighted by atomic mass is 19.4. The van der Waals surface area contributed by atoms with Gasteiger partial charge in [0, 0.05) is 13.1 Å². The van der Waals surface area contributed by atoms with Crippen LogP contribution in [0.2, 0.25) is 0 Å². The van der Waals surface area contributed by atoms with Gasteiger partial charge in [-0.2, -0.15) is 13.2 Å². The minimum absolute atomic E-state index is 0.0189. The van der Waals surface area contributed by atoms with Crippen LogP contribution in [0.1, 0.15) is 13.3 Å². The molecule has 0 bridgehead atoms. The lowest BCUT2D eigenvalue weighted by Gasteiger charge is -2.22. The number of β-amino-alcohol motifs (C(OH)–C–C–N with tert-alkyl or cyclic N) is 1. The maximum atomic E-state index is 12.0. The van der Waals surface area contributed by atoms with Crippen LogP contribution in [-0.2, 0) is 0 Å². The Morgan fingerprint density at radius 3 is 2.40 bits per heavy atom. The third-order valence-corrected chi connectivity index (χ3v) is 2.80. The molecule has 0 aromatic heterocycles. The maximum Gasteiger partial charge on any atom is 0.415 e. The molecule has 0 radical (unpaired) electrons. The normalized spacial score (nSPS) is 28.0. The number of likely N-dealkylation sites (tertiary alicyclic amines) is 1. The monoisotopic (exact) mass is 227 g/mol. The zero-order valence-electron chi connectivity index (χ0n) is 8.54. The number of hydrogen-bond acceptors (Lipinski definition) is 3. The molecule has 1 fully saturated rings. The van der Waals surface area contributed by atoms with Crippen LogP contribution in [0.4, 0.5) is 13.2 Å². The van der Waals surface area contributed by atoms with E-state index in [1.54, 1.807) is 6.92 Å². The fourth-order valence-electron chi connectivity index (χ4n) is 1.77. The standard InChI is InChI=1S/C9H16F3NO2/c1-6(14)7-2-3-13(4-7)5-8(15)9(10,11)12/h6-8,14-15H,2-5H2,1H3. The molecule has 0 amide bonds. The van der Waals surface area contributed by atoms with Gasteiger partial charge in [-0.15, -0.1) is 0 Å². The first kappa shape index (κ1) is 12.7. The number of hydrogen-bond donors (Lipinski definition) is 2. The van der Waals surface area contributed by atoms with E-state index in [1.165, 1.54) is 4.90 Å². The average molecular weight is 227 g/mol. The van der Waals surface area contributed by atoms with E-state index in [1.807, 2.05) is 0 Å². The summed E-state index contributed by atoms with van der Waals surface area (Å²) in [6.07, 6.45) is -6.66. The van der Waals surface area contributed by atoms with Crippen molar-refractivity contribution in [3.8, 4) is 0 Å². The quantitative estimate of drug-likeness (QED) is 0.742. The summed E-state index contributed by atoms with van der Waals surface area (Å²) in [4.78, 5) is 1.54. The van der Waals surface area contributed by atoms with Gasteiger partial charge in [-0.1, -0.05) is 0 Å². The lowest BCUT2D eigenvalue weighted by atomic mass is 10.0. The summed E-state index contributed by atoms with van der Waals surface area (Å²) in [5, 5.41) is 18.1. The van der Waals surface area contributed by atoms with Crippen molar-refractivity contribution in [2.24, 2.45) is 5.92 Å². The number of aliphatic hydroxyl groups is 2. The Morgan fingerprint density at radius 1 is 1.40 bits per heavy atom. The minimum Gasteiger partial charge on any atom is -0.393 e. The summed E-state index contributed by atoms with van der Waals surface area (Å²) < 4.78 is 36.1. The molecule has 0 aromatic rings. The summed E-state index contributed by atoms with van der Waals surface area (Å²) in [7, 11) is 0. The van der Waals surface area contributed by atoms with Gasteiger partial charge in [0.05, 0.1) is 6.10 Å². The lowest BCUT2D eigenvalue weighted by Crippen LogP contribution is -2.40. The third-order valence-electron chi connectivity index (χ3n) is 2.80.